The summed E-state index contributed by atoms with van der Waals surface area (Å²) in [5.41, 5.74) is -0.111. The van der Waals surface area contributed by atoms with E-state index in [0.29, 0.717) is 18.9 Å². The minimum absolute atomic E-state index is 0.0262. The van der Waals surface area contributed by atoms with E-state index in [2.05, 4.69) is 26.1 Å². The molecule has 21 heavy (non-hydrogen) atoms. The normalized spacial score (nSPS) is 32.7. The SMILES string of the molecule is CCC1CCN(C(=O)C2NCCCC2(C)C)C(C(=O)O)C1. The van der Waals surface area contributed by atoms with E-state index in [1.54, 1.807) is 4.90 Å². The Bertz CT molecular complexity index is 408. The Hall–Kier alpha value is -1.10. The maximum absolute atomic E-state index is 12.9. The second-order valence-corrected chi connectivity index (χ2v) is 7.16. The number of carboxylic acid groups (broad SMARTS) is 1. The first-order valence-electron chi connectivity index (χ1n) is 8.13. The molecule has 2 rings (SSSR count). The molecule has 5 heteroatoms. The molecule has 2 saturated heterocycles. The largest absolute Gasteiger partial charge is 0.480 e. The summed E-state index contributed by atoms with van der Waals surface area (Å²) in [6.45, 7) is 7.69. The molecule has 0 aromatic heterocycles. The molecule has 0 saturated carbocycles. The molecule has 2 aliphatic rings. The van der Waals surface area contributed by atoms with Crippen LogP contribution in [-0.2, 0) is 9.59 Å². The Morgan fingerprint density at radius 1 is 1.38 bits per heavy atom. The highest BCUT2D eigenvalue weighted by Gasteiger charge is 2.43. The number of nitrogens with zero attached hydrogens (tertiary/aromatic N) is 1. The summed E-state index contributed by atoms with van der Waals surface area (Å²) in [6.07, 6.45) is 4.56. The van der Waals surface area contributed by atoms with Gasteiger partial charge in [0, 0.05) is 6.54 Å². The van der Waals surface area contributed by atoms with Crippen LogP contribution in [0.2, 0.25) is 0 Å². The third-order valence-corrected chi connectivity index (χ3v) is 5.23. The molecule has 0 aromatic rings. The van der Waals surface area contributed by atoms with E-state index in [1.807, 2.05) is 0 Å². The van der Waals surface area contributed by atoms with E-state index in [1.165, 1.54) is 0 Å². The zero-order valence-corrected chi connectivity index (χ0v) is 13.4. The van der Waals surface area contributed by atoms with Crippen LogP contribution in [0.4, 0.5) is 0 Å². The first-order chi connectivity index (χ1) is 9.86. The zero-order chi connectivity index (χ0) is 15.6. The number of piperidine rings is 2. The van der Waals surface area contributed by atoms with Gasteiger partial charge in [0.05, 0.1) is 6.04 Å². The van der Waals surface area contributed by atoms with Crippen molar-refractivity contribution in [1.29, 1.82) is 0 Å². The van der Waals surface area contributed by atoms with Gasteiger partial charge in [0.1, 0.15) is 6.04 Å². The second-order valence-electron chi connectivity index (χ2n) is 7.16. The van der Waals surface area contributed by atoms with Crippen molar-refractivity contribution in [3.63, 3.8) is 0 Å². The lowest BCUT2D eigenvalue weighted by Crippen LogP contribution is -2.61. The zero-order valence-electron chi connectivity index (χ0n) is 13.4. The molecule has 0 bridgehead atoms. The molecular weight excluding hydrogens is 268 g/mol. The molecule has 2 fully saturated rings. The molecule has 2 aliphatic heterocycles. The van der Waals surface area contributed by atoms with E-state index in [9.17, 15) is 14.7 Å². The van der Waals surface area contributed by atoms with Crippen molar-refractivity contribution in [2.24, 2.45) is 11.3 Å². The van der Waals surface area contributed by atoms with E-state index in [0.717, 1.165) is 32.2 Å². The Balaban J connectivity index is 2.14. The van der Waals surface area contributed by atoms with Crippen molar-refractivity contribution in [3.8, 4) is 0 Å². The minimum Gasteiger partial charge on any atom is -0.480 e. The summed E-state index contributed by atoms with van der Waals surface area (Å²) >= 11 is 0. The lowest BCUT2D eigenvalue weighted by Gasteiger charge is -2.44. The average molecular weight is 296 g/mol. The third-order valence-electron chi connectivity index (χ3n) is 5.23. The maximum atomic E-state index is 12.9. The van der Waals surface area contributed by atoms with Crippen LogP contribution in [0.1, 0.15) is 52.9 Å². The Morgan fingerprint density at radius 2 is 2.10 bits per heavy atom. The predicted octanol–water partition coefficient (Wildman–Crippen LogP) is 1.87. The van der Waals surface area contributed by atoms with Crippen LogP contribution in [0.5, 0.6) is 0 Å². The van der Waals surface area contributed by atoms with Gasteiger partial charge in [-0.05, 0) is 43.6 Å². The van der Waals surface area contributed by atoms with Crippen LogP contribution in [0.25, 0.3) is 0 Å². The molecule has 1 amide bonds. The highest BCUT2D eigenvalue weighted by molar-refractivity contribution is 5.88. The lowest BCUT2D eigenvalue weighted by molar-refractivity contribution is -0.156. The van der Waals surface area contributed by atoms with Crippen LogP contribution >= 0.6 is 0 Å². The molecule has 3 atom stereocenters. The fraction of sp³-hybridized carbons (Fsp3) is 0.875. The van der Waals surface area contributed by atoms with Gasteiger partial charge in [-0.3, -0.25) is 4.79 Å². The Kier molecular flexibility index (Phi) is 4.91. The number of carbonyl (C=O) groups is 2. The van der Waals surface area contributed by atoms with Gasteiger partial charge in [-0.25, -0.2) is 4.79 Å². The highest BCUT2D eigenvalue weighted by Crippen LogP contribution is 2.33. The first kappa shape index (κ1) is 16.3. The van der Waals surface area contributed by atoms with E-state index < -0.39 is 12.0 Å². The molecule has 0 spiro atoms. The number of hydrogen-bond donors (Lipinski definition) is 2. The molecule has 5 nitrogen and oxygen atoms in total. The third kappa shape index (κ3) is 3.39. The van der Waals surface area contributed by atoms with Gasteiger partial charge in [-0.1, -0.05) is 27.2 Å². The van der Waals surface area contributed by atoms with Crippen LogP contribution in [0, 0.1) is 11.3 Å². The highest BCUT2D eigenvalue weighted by atomic mass is 16.4. The molecule has 2 N–H and O–H groups in total. The number of rotatable bonds is 3. The van der Waals surface area contributed by atoms with E-state index in [-0.39, 0.29) is 17.4 Å². The van der Waals surface area contributed by atoms with Crippen molar-refractivity contribution in [2.75, 3.05) is 13.1 Å². The Morgan fingerprint density at radius 3 is 2.67 bits per heavy atom. The van der Waals surface area contributed by atoms with Crippen LogP contribution in [-0.4, -0.2) is 47.1 Å². The topological polar surface area (TPSA) is 69.6 Å². The Labute approximate surface area is 127 Å². The first-order valence-corrected chi connectivity index (χ1v) is 8.13. The van der Waals surface area contributed by atoms with E-state index >= 15 is 0 Å². The number of carboxylic acids is 1. The van der Waals surface area contributed by atoms with Crippen LogP contribution in [0.3, 0.4) is 0 Å². The molecule has 0 radical (unpaired) electrons. The van der Waals surface area contributed by atoms with Crippen molar-refractivity contribution in [3.05, 3.63) is 0 Å². The van der Waals surface area contributed by atoms with Gasteiger partial charge < -0.3 is 15.3 Å². The second kappa shape index (κ2) is 6.34. The monoisotopic (exact) mass is 296 g/mol. The van der Waals surface area contributed by atoms with Gasteiger partial charge in [0.15, 0.2) is 0 Å². The molecule has 2 heterocycles. The number of hydrogen-bond acceptors (Lipinski definition) is 3. The average Bonchev–Trinajstić information content (AvgIpc) is 2.45. The maximum Gasteiger partial charge on any atom is 0.326 e. The molecule has 3 unspecified atom stereocenters. The van der Waals surface area contributed by atoms with Gasteiger partial charge in [-0.2, -0.15) is 0 Å². The van der Waals surface area contributed by atoms with Gasteiger partial charge >= 0.3 is 5.97 Å². The van der Waals surface area contributed by atoms with Crippen molar-refractivity contribution in [2.45, 2.75) is 65.0 Å². The number of aliphatic carboxylic acids is 1. The summed E-state index contributed by atoms with van der Waals surface area (Å²) in [7, 11) is 0. The molecule has 0 aromatic carbocycles. The van der Waals surface area contributed by atoms with Crippen LogP contribution < -0.4 is 5.32 Å². The van der Waals surface area contributed by atoms with Gasteiger partial charge in [-0.15, -0.1) is 0 Å². The van der Waals surface area contributed by atoms with Gasteiger partial charge in [0.2, 0.25) is 5.91 Å². The standard InChI is InChI=1S/C16H28N2O3/c1-4-11-6-9-18(12(10-11)15(20)21)14(19)13-16(2,3)7-5-8-17-13/h11-13,17H,4-10H2,1-3H3,(H,20,21). The minimum atomic E-state index is -0.866. The fourth-order valence-corrected chi connectivity index (χ4v) is 3.71. The van der Waals surface area contributed by atoms with Crippen molar-refractivity contribution < 1.29 is 14.7 Å². The number of likely N-dealkylation sites (tertiary alicyclic amines) is 1. The van der Waals surface area contributed by atoms with E-state index in [4.69, 9.17) is 0 Å². The molecule has 120 valence electrons. The summed E-state index contributed by atoms with van der Waals surface area (Å²) in [5.74, 6) is -0.473. The molecule has 0 aliphatic carbocycles. The fourth-order valence-electron chi connectivity index (χ4n) is 3.71. The summed E-state index contributed by atoms with van der Waals surface area (Å²) in [4.78, 5) is 26.0. The quantitative estimate of drug-likeness (QED) is 0.834. The summed E-state index contributed by atoms with van der Waals surface area (Å²) in [5, 5.41) is 12.8. The smallest absolute Gasteiger partial charge is 0.326 e. The lowest BCUT2D eigenvalue weighted by atomic mass is 9.76. The summed E-state index contributed by atoms with van der Waals surface area (Å²) < 4.78 is 0. The van der Waals surface area contributed by atoms with Crippen molar-refractivity contribution in [1.82, 2.24) is 10.2 Å². The molecular formula is C16H28N2O3. The van der Waals surface area contributed by atoms with Crippen molar-refractivity contribution >= 4 is 11.9 Å². The number of nitrogens with one attached hydrogen (secondary N) is 1. The number of carbonyl (C=O) groups excluding carboxylic acids is 1. The predicted molar refractivity (Wildman–Crippen MR) is 81.0 cm³/mol. The van der Waals surface area contributed by atoms with Gasteiger partial charge in [0.25, 0.3) is 0 Å². The summed E-state index contributed by atoms with van der Waals surface area (Å²) in [6, 6.07) is -0.915. The number of amides is 1. The van der Waals surface area contributed by atoms with Crippen LogP contribution in [0.15, 0.2) is 0 Å².